The van der Waals surface area contributed by atoms with E-state index >= 15 is 0 Å². The second-order valence-corrected chi connectivity index (χ2v) is 5.68. The van der Waals surface area contributed by atoms with Gasteiger partial charge in [-0.2, -0.15) is 5.10 Å². The summed E-state index contributed by atoms with van der Waals surface area (Å²) in [4.78, 5) is 19.3. The molecule has 0 amide bonds. The molecular weight excluding hydrogens is 304 g/mol. The molecule has 3 aromatic heterocycles. The summed E-state index contributed by atoms with van der Waals surface area (Å²) >= 11 is 0. The molecule has 4 heterocycles. The fourth-order valence-corrected chi connectivity index (χ4v) is 2.88. The Morgan fingerprint density at radius 1 is 1.08 bits per heavy atom. The highest BCUT2D eigenvalue weighted by Gasteiger charge is 2.20. The SMILES string of the molecule is Cc1nccnc1N1CCn2nc(CNc3cnccn3)cc2C1. The Balaban J connectivity index is 1.47. The van der Waals surface area contributed by atoms with Gasteiger partial charge in [0.1, 0.15) is 11.6 Å². The van der Waals surface area contributed by atoms with Crippen molar-refractivity contribution in [2.75, 3.05) is 16.8 Å². The number of aromatic nitrogens is 6. The average molecular weight is 322 g/mol. The second kappa shape index (κ2) is 6.23. The lowest BCUT2D eigenvalue weighted by Gasteiger charge is -2.29. The number of anilines is 2. The van der Waals surface area contributed by atoms with Gasteiger partial charge in [-0.25, -0.2) is 9.97 Å². The van der Waals surface area contributed by atoms with Gasteiger partial charge in [0, 0.05) is 31.3 Å². The monoisotopic (exact) mass is 322 g/mol. The van der Waals surface area contributed by atoms with E-state index in [2.05, 4.69) is 46.0 Å². The van der Waals surface area contributed by atoms with E-state index in [-0.39, 0.29) is 0 Å². The first-order chi connectivity index (χ1) is 11.8. The van der Waals surface area contributed by atoms with Crippen molar-refractivity contribution in [2.24, 2.45) is 0 Å². The van der Waals surface area contributed by atoms with Crippen LogP contribution >= 0.6 is 0 Å². The molecule has 4 rings (SSSR count). The molecule has 0 aromatic carbocycles. The van der Waals surface area contributed by atoms with Gasteiger partial charge >= 0.3 is 0 Å². The minimum Gasteiger partial charge on any atom is -0.363 e. The Kier molecular flexibility index (Phi) is 3.78. The molecule has 0 unspecified atom stereocenters. The average Bonchev–Trinajstić information content (AvgIpc) is 3.03. The molecular formula is C16H18N8. The van der Waals surface area contributed by atoms with Crippen LogP contribution in [-0.4, -0.2) is 36.3 Å². The third kappa shape index (κ3) is 2.90. The number of fused-ring (bicyclic) bond motifs is 1. The van der Waals surface area contributed by atoms with E-state index in [0.29, 0.717) is 6.54 Å². The molecule has 0 saturated heterocycles. The van der Waals surface area contributed by atoms with Gasteiger partial charge < -0.3 is 10.2 Å². The van der Waals surface area contributed by atoms with E-state index in [1.807, 2.05) is 6.92 Å². The zero-order valence-electron chi connectivity index (χ0n) is 13.4. The number of hydrogen-bond acceptors (Lipinski definition) is 7. The Bertz CT molecular complexity index is 829. The van der Waals surface area contributed by atoms with E-state index in [1.165, 1.54) is 5.69 Å². The quantitative estimate of drug-likeness (QED) is 0.777. The minimum absolute atomic E-state index is 0.628. The Morgan fingerprint density at radius 3 is 2.79 bits per heavy atom. The Morgan fingerprint density at radius 2 is 1.96 bits per heavy atom. The molecule has 0 saturated carbocycles. The first kappa shape index (κ1) is 14.6. The summed E-state index contributed by atoms with van der Waals surface area (Å²) in [5.41, 5.74) is 3.13. The zero-order valence-corrected chi connectivity index (χ0v) is 13.4. The van der Waals surface area contributed by atoms with Crippen LogP contribution in [0.1, 0.15) is 17.1 Å². The van der Waals surface area contributed by atoms with Crippen LogP contribution in [0.2, 0.25) is 0 Å². The maximum Gasteiger partial charge on any atom is 0.150 e. The Labute approximate surface area is 139 Å². The molecule has 122 valence electrons. The number of aryl methyl sites for hydroxylation is 1. The predicted octanol–water partition coefficient (Wildman–Crippen LogP) is 1.40. The van der Waals surface area contributed by atoms with Crippen molar-refractivity contribution in [1.29, 1.82) is 0 Å². The lowest BCUT2D eigenvalue weighted by Crippen LogP contribution is -2.34. The van der Waals surface area contributed by atoms with Gasteiger partial charge in [-0.3, -0.25) is 14.6 Å². The van der Waals surface area contributed by atoms with Gasteiger partial charge in [-0.15, -0.1) is 0 Å². The molecule has 3 aromatic rings. The van der Waals surface area contributed by atoms with Gasteiger partial charge in [0.25, 0.3) is 0 Å². The van der Waals surface area contributed by atoms with E-state index in [4.69, 9.17) is 0 Å². The standard InChI is InChI=1S/C16H18N8/c1-12-16(20-5-4-18-12)23-6-7-24-14(11-23)8-13(22-24)9-21-15-10-17-2-3-19-15/h2-5,8,10H,6-7,9,11H2,1H3,(H,19,21). The normalized spacial score (nSPS) is 13.6. The lowest BCUT2D eigenvalue weighted by atomic mass is 10.2. The van der Waals surface area contributed by atoms with Crippen molar-refractivity contribution in [3.63, 3.8) is 0 Å². The second-order valence-electron chi connectivity index (χ2n) is 5.68. The molecule has 0 spiro atoms. The highest BCUT2D eigenvalue weighted by Crippen LogP contribution is 2.21. The van der Waals surface area contributed by atoms with E-state index < -0.39 is 0 Å². The van der Waals surface area contributed by atoms with Gasteiger partial charge in [-0.05, 0) is 13.0 Å². The van der Waals surface area contributed by atoms with Gasteiger partial charge in [-0.1, -0.05) is 0 Å². The zero-order chi connectivity index (χ0) is 16.4. The number of nitrogens with zero attached hydrogens (tertiary/aromatic N) is 7. The van der Waals surface area contributed by atoms with Gasteiger partial charge in [0.15, 0.2) is 0 Å². The smallest absolute Gasteiger partial charge is 0.150 e. The molecule has 1 N–H and O–H groups in total. The predicted molar refractivity (Wildman–Crippen MR) is 89.4 cm³/mol. The highest BCUT2D eigenvalue weighted by atomic mass is 15.4. The van der Waals surface area contributed by atoms with Crippen molar-refractivity contribution in [3.05, 3.63) is 54.1 Å². The van der Waals surface area contributed by atoms with Crippen molar-refractivity contribution in [1.82, 2.24) is 29.7 Å². The maximum atomic E-state index is 4.66. The van der Waals surface area contributed by atoms with E-state index in [9.17, 15) is 0 Å². The number of rotatable bonds is 4. The fourth-order valence-electron chi connectivity index (χ4n) is 2.88. The molecule has 0 fully saturated rings. The summed E-state index contributed by atoms with van der Waals surface area (Å²) in [6.07, 6.45) is 8.49. The first-order valence-electron chi connectivity index (χ1n) is 7.87. The third-order valence-electron chi connectivity index (χ3n) is 4.02. The molecule has 0 radical (unpaired) electrons. The van der Waals surface area contributed by atoms with Crippen LogP contribution in [0.5, 0.6) is 0 Å². The molecule has 8 nitrogen and oxygen atoms in total. The van der Waals surface area contributed by atoms with Crippen LogP contribution in [0.4, 0.5) is 11.6 Å². The molecule has 1 aliphatic heterocycles. The van der Waals surface area contributed by atoms with Gasteiger partial charge in [0.2, 0.25) is 0 Å². The molecule has 0 atom stereocenters. The summed E-state index contributed by atoms with van der Waals surface area (Å²) in [5, 5.41) is 7.90. The van der Waals surface area contributed by atoms with Crippen LogP contribution in [0, 0.1) is 6.92 Å². The molecule has 24 heavy (non-hydrogen) atoms. The van der Waals surface area contributed by atoms with Crippen LogP contribution in [0.15, 0.2) is 37.1 Å². The molecule has 8 heteroatoms. The lowest BCUT2D eigenvalue weighted by molar-refractivity contribution is 0.513. The topological polar surface area (TPSA) is 84.7 Å². The molecule has 0 aliphatic carbocycles. The maximum absolute atomic E-state index is 4.66. The Hall–Kier alpha value is -3.03. The van der Waals surface area contributed by atoms with Crippen LogP contribution in [0.3, 0.4) is 0 Å². The highest BCUT2D eigenvalue weighted by molar-refractivity contribution is 5.43. The third-order valence-corrected chi connectivity index (χ3v) is 4.02. The van der Waals surface area contributed by atoms with Crippen LogP contribution in [-0.2, 0) is 19.6 Å². The van der Waals surface area contributed by atoms with E-state index in [1.54, 1.807) is 31.0 Å². The summed E-state index contributed by atoms with van der Waals surface area (Å²) in [6, 6.07) is 2.13. The summed E-state index contributed by atoms with van der Waals surface area (Å²) < 4.78 is 2.07. The first-order valence-corrected chi connectivity index (χ1v) is 7.87. The van der Waals surface area contributed by atoms with E-state index in [0.717, 1.165) is 42.7 Å². The molecule has 0 bridgehead atoms. The number of nitrogens with one attached hydrogen (secondary N) is 1. The summed E-state index contributed by atoms with van der Waals surface area (Å²) in [6.45, 7) is 5.13. The van der Waals surface area contributed by atoms with Crippen molar-refractivity contribution < 1.29 is 0 Å². The largest absolute Gasteiger partial charge is 0.363 e. The van der Waals surface area contributed by atoms with Crippen LogP contribution in [0.25, 0.3) is 0 Å². The summed E-state index contributed by atoms with van der Waals surface area (Å²) in [7, 11) is 0. The minimum atomic E-state index is 0.628. The van der Waals surface area contributed by atoms with Crippen molar-refractivity contribution in [2.45, 2.75) is 26.6 Å². The fraction of sp³-hybridized carbons (Fsp3) is 0.312. The van der Waals surface area contributed by atoms with Crippen molar-refractivity contribution >= 4 is 11.6 Å². The van der Waals surface area contributed by atoms with Gasteiger partial charge in [0.05, 0.1) is 42.9 Å². The molecule has 1 aliphatic rings. The number of hydrogen-bond donors (Lipinski definition) is 1. The van der Waals surface area contributed by atoms with Crippen molar-refractivity contribution in [3.8, 4) is 0 Å². The van der Waals surface area contributed by atoms with Crippen LogP contribution < -0.4 is 10.2 Å². The summed E-state index contributed by atoms with van der Waals surface area (Å²) in [5.74, 6) is 1.70.